The van der Waals surface area contributed by atoms with Gasteiger partial charge in [-0.25, -0.2) is 13.1 Å². The second kappa shape index (κ2) is 11.7. The summed E-state index contributed by atoms with van der Waals surface area (Å²) in [4.78, 5) is 28.5. The lowest BCUT2D eigenvalue weighted by atomic mass is 10.1. The van der Waals surface area contributed by atoms with Gasteiger partial charge in [-0.1, -0.05) is 25.1 Å². The monoisotopic (exact) mass is 434 g/mol. The molecule has 0 saturated carbocycles. The first-order chi connectivity index (χ1) is 14.4. The molecule has 164 valence electrons. The number of rotatable bonds is 10. The highest BCUT2D eigenvalue weighted by Crippen LogP contribution is 2.17. The molecule has 2 rings (SSSR count). The Bertz CT molecular complexity index is 844. The maximum Gasteiger partial charge on any atom is 0.227 e. The Hall–Kier alpha value is -2.44. The molecule has 0 bridgehead atoms. The van der Waals surface area contributed by atoms with Crippen molar-refractivity contribution in [3.05, 3.63) is 30.3 Å². The molecule has 0 aromatic heterocycles. The Morgan fingerprint density at radius 1 is 1.20 bits per heavy atom. The number of carbonyl (C=O) groups is 2. The Kier molecular flexibility index (Phi) is 9.27. The zero-order valence-corrected chi connectivity index (χ0v) is 18.2. The van der Waals surface area contributed by atoms with Crippen LogP contribution in [0.3, 0.4) is 0 Å². The van der Waals surface area contributed by atoms with Gasteiger partial charge in [0.15, 0.2) is 0 Å². The molecule has 2 amide bonds. The molecule has 1 aromatic rings. The van der Waals surface area contributed by atoms with E-state index in [2.05, 4.69) is 4.72 Å². The fourth-order valence-electron chi connectivity index (χ4n) is 3.50. The van der Waals surface area contributed by atoms with E-state index < -0.39 is 10.0 Å². The van der Waals surface area contributed by atoms with Gasteiger partial charge < -0.3 is 9.80 Å². The zero-order valence-electron chi connectivity index (χ0n) is 17.4. The van der Waals surface area contributed by atoms with Gasteiger partial charge >= 0.3 is 0 Å². The number of carbonyl (C=O) groups excluding carboxylic acids is 2. The fraction of sp³-hybridized carbons (Fsp3) is 0.571. The highest BCUT2D eigenvalue weighted by atomic mass is 32.2. The molecule has 1 saturated heterocycles. The molecular formula is C21H30N4O4S. The second-order valence-corrected chi connectivity index (χ2v) is 9.25. The topological polar surface area (TPSA) is 111 Å². The summed E-state index contributed by atoms with van der Waals surface area (Å²) in [5.74, 6) is -0.184. The molecule has 1 aliphatic heterocycles. The van der Waals surface area contributed by atoms with Crippen LogP contribution in [0, 0.1) is 11.3 Å². The van der Waals surface area contributed by atoms with Crippen molar-refractivity contribution in [3.63, 3.8) is 0 Å². The van der Waals surface area contributed by atoms with Gasteiger partial charge in [0.05, 0.1) is 18.2 Å². The number of nitrogens with zero attached hydrogens (tertiary/aromatic N) is 3. The third-order valence-corrected chi connectivity index (χ3v) is 6.67. The van der Waals surface area contributed by atoms with E-state index in [4.69, 9.17) is 5.26 Å². The average Bonchev–Trinajstić information content (AvgIpc) is 2.73. The minimum atomic E-state index is -3.26. The molecule has 1 heterocycles. The number of hydrogen-bond acceptors (Lipinski definition) is 5. The SMILES string of the molecule is CCCS(=O)(=O)NC1CCN(C(=O)CCC(=O)N(CCC#N)c2ccccc2)CC1. The number of nitriles is 1. The number of para-hydroxylation sites is 1. The Morgan fingerprint density at radius 2 is 1.87 bits per heavy atom. The predicted molar refractivity (Wildman–Crippen MR) is 115 cm³/mol. The second-order valence-electron chi connectivity index (χ2n) is 7.38. The van der Waals surface area contributed by atoms with Crippen LogP contribution in [-0.2, 0) is 19.6 Å². The number of hydrogen-bond donors (Lipinski definition) is 1. The van der Waals surface area contributed by atoms with Crippen LogP contribution in [0.5, 0.6) is 0 Å². The van der Waals surface area contributed by atoms with Crippen molar-refractivity contribution in [1.82, 2.24) is 9.62 Å². The number of anilines is 1. The fourth-order valence-corrected chi connectivity index (χ4v) is 4.90. The summed E-state index contributed by atoms with van der Waals surface area (Å²) < 4.78 is 26.5. The van der Waals surface area contributed by atoms with Gasteiger partial charge in [-0.3, -0.25) is 9.59 Å². The highest BCUT2D eigenvalue weighted by molar-refractivity contribution is 7.89. The Morgan fingerprint density at radius 3 is 2.47 bits per heavy atom. The minimum absolute atomic E-state index is 0.0716. The third kappa shape index (κ3) is 7.43. The van der Waals surface area contributed by atoms with E-state index in [0.717, 1.165) is 0 Å². The quantitative estimate of drug-likeness (QED) is 0.606. The van der Waals surface area contributed by atoms with Crippen molar-refractivity contribution in [2.75, 3.05) is 30.3 Å². The molecular weight excluding hydrogens is 404 g/mol. The summed E-state index contributed by atoms with van der Waals surface area (Å²) in [6.45, 7) is 3.06. The molecule has 30 heavy (non-hydrogen) atoms. The molecule has 1 fully saturated rings. The maximum absolute atomic E-state index is 12.7. The molecule has 0 radical (unpaired) electrons. The highest BCUT2D eigenvalue weighted by Gasteiger charge is 2.26. The number of sulfonamides is 1. The molecule has 0 spiro atoms. The summed E-state index contributed by atoms with van der Waals surface area (Å²) in [6, 6.07) is 11.0. The minimum Gasteiger partial charge on any atom is -0.343 e. The normalized spacial score (nSPS) is 14.9. The lowest BCUT2D eigenvalue weighted by Gasteiger charge is -2.32. The van der Waals surface area contributed by atoms with E-state index in [0.29, 0.717) is 38.0 Å². The van der Waals surface area contributed by atoms with Crippen molar-refractivity contribution in [1.29, 1.82) is 5.26 Å². The number of amides is 2. The van der Waals surface area contributed by atoms with E-state index in [-0.39, 0.29) is 49.4 Å². The van der Waals surface area contributed by atoms with Crippen molar-refractivity contribution >= 4 is 27.5 Å². The predicted octanol–water partition coefficient (Wildman–Crippen LogP) is 2.03. The first-order valence-corrected chi connectivity index (χ1v) is 12.0. The number of nitrogens with one attached hydrogen (secondary N) is 1. The van der Waals surface area contributed by atoms with Crippen molar-refractivity contribution in [2.45, 2.75) is 51.5 Å². The van der Waals surface area contributed by atoms with Crippen LogP contribution in [0.15, 0.2) is 30.3 Å². The summed E-state index contributed by atoms with van der Waals surface area (Å²) >= 11 is 0. The van der Waals surface area contributed by atoms with Crippen molar-refractivity contribution in [3.8, 4) is 6.07 Å². The van der Waals surface area contributed by atoms with Gasteiger partial charge in [0, 0.05) is 44.2 Å². The van der Waals surface area contributed by atoms with Crippen LogP contribution < -0.4 is 9.62 Å². The van der Waals surface area contributed by atoms with E-state index in [1.807, 2.05) is 43.3 Å². The summed E-state index contributed by atoms with van der Waals surface area (Å²) in [7, 11) is -3.26. The number of likely N-dealkylation sites (tertiary alicyclic amines) is 1. The third-order valence-electron chi connectivity index (χ3n) is 5.04. The Balaban J connectivity index is 1.83. The zero-order chi connectivity index (χ0) is 22.0. The largest absolute Gasteiger partial charge is 0.343 e. The van der Waals surface area contributed by atoms with Crippen LogP contribution >= 0.6 is 0 Å². The van der Waals surface area contributed by atoms with Gasteiger partial charge in [0.25, 0.3) is 0 Å². The summed E-state index contributed by atoms with van der Waals surface area (Å²) in [5, 5.41) is 8.86. The van der Waals surface area contributed by atoms with E-state index >= 15 is 0 Å². The lowest BCUT2D eigenvalue weighted by Crippen LogP contribution is -2.47. The van der Waals surface area contributed by atoms with Gasteiger partial charge in [-0.2, -0.15) is 5.26 Å². The van der Waals surface area contributed by atoms with E-state index in [1.165, 1.54) is 0 Å². The number of piperidine rings is 1. The van der Waals surface area contributed by atoms with E-state index in [1.54, 1.807) is 9.80 Å². The average molecular weight is 435 g/mol. The summed E-state index contributed by atoms with van der Waals surface area (Å²) in [5.41, 5.74) is 0.713. The molecule has 0 aliphatic carbocycles. The Labute approximate surface area is 178 Å². The van der Waals surface area contributed by atoms with Gasteiger partial charge in [0.2, 0.25) is 21.8 Å². The number of benzene rings is 1. The smallest absolute Gasteiger partial charge is 0.227 e. The van der Waals surface area contributed by atoms with Crippen molar-refractivity contribution in [2.24, 2.45) is 0 Å². The first-order valence-electron chi connectivity index (χ1n) is 10.4. The maximum atomic E-state index is 12.7. The molecule has 0 unspecified atom stereocenters. The van der Waals surface area contributed by atoms with Crippen molar-refractivity contribution < 1.29 is 18.0 Å². The van der Waals surface area contributed by atoms with Crippen LogP contribution in [-0.4, -0.2) is 56.6 Å². The molecule has 1 aromatic carbocycles. The lowest BCUT2D eigenvalue weighted by molar-refractivity contribution is -0.134. The molecule has 8 nitrogen and oxygen atoms in total. The molecule has 1 N–H and O–H groups in total. The first kappa shape index (κ1) is 23.8. The van der Waals surface area contributed by atoms with Gasteiger partial charge in [-0.15, -0.1) is 0 Å². The van der Waals surface area contributed by atoms with Crippen LogP contribution in [0.1, 0.15) is 45.4 Å². The molecule has 1 aliphatic rings. The van der Waals surface area contributed by atoms with Gasteiger partial charge in [-0.05, 0) is 31.4 Å². The van der Waals surface area contributed by atoms with Crippen LogP contribution in [0.2, 0.25) is 0 Å². The van der Waals surface area contributed by atoms with Crippen LogP contribution in [0.4, 0.5) is 5.69 Å². The van der Waals surface area contributed by atoms with Gasteiger partial charge in [0.1, 0.15) is 0 Å². The standard InChI is InChI=1S/C21H30N4O4S/c1-2-17-30(28,29)23-18-11-15-24(16-12-18)20(26)9-10-21(27)25(14-6-13-22)19-7-4-3-5-8-19/h3-5,7-8,18,23H,2,6,9-12,14-17H2,1H3. The summed E-state index contributed by atoms with van der Waals surface area (Å²) in [6.07, 6.45) is 2.09. The molecule has 9 heteroatoms. The van der Waals surface area contributed by atoms with Crippen LogP contribution in [0.25, 0.3) is 0 Å². The van der Waals surface area contributed by atoms with E-state index in [9.17, 15) is 18.0 Å². The molecule has 0 atom stereocenters.